The Kier molecular flexibility index (Phi) is 6.79. The number of methoxy groups -OCH3 is 2. The zero-order valence-electron chi connectivity index (χ0n) is 14.9. The Labute approximate surface area is 161 Å². The van der Waals surface area contributed by atoms with Gasteiger partial charge in [-0.25, -0.2) is 4.79 Å². The van der Waals surface area contributed by atoms with Gasteiger partial charge in [-0.3, -0.25) is 9.59 Å². The molecule has 142 valence electrons. The van der Waals surface area contributed by atoms with Gasteiger partial charge < -0.3 is 19.5 Å². The summed E-state index contributed by atoms with van der Waals surface area (Å²) < 4.78 is 15.5. The molecule has 1 amide bonds. The van der Waals surface area contributed by atoms with Gasteiger partial charge in [-0.05, 0) is 43.3 Å². The van der Waals surface area contributed by atoms with Gasteiger partial charge in [0.1, 0.15) is 5.56 Å². The third kappa shape index (κ3) is 4.77. The van der Waals surface area contributed by atoms with E-state index in [4.69, 9.17) is 25.8 Å². The number of halogens is 1. The highest BCUT2D eigenvalue weighted by molar-refractivity contribution is 6.30. The van der Waals surface area contributed by atoms with E-state index in [9.17, 15) is 14.4 Å². The van der Waals surface area contributed by atoms with E-state index >= 15 is 0 Å². The molecule has 1 atom stereocenters. The fourth-order valence-corrected chi connectivity index (χ4v) is 2.43. The molecule has 0 saturated carbocycles. The average molecular weight is 392 g/mol. The molecule has 0 bridgehead atoms. The van der Waals surface area contributed by atoms with Crippen molar-refractivity contribution in [3.63, 3.8) is 0 Å². The van der Waals surface area contributed by atoms with Gasteiger partial charge in [0, 0.05) is 16.3 Å². The van der Waals surface area contributed by atoms with Gasteiger partial charge in [0.05, 0.1) is 14.2 Å². The Balaban J connectivity index is 2.19. The number of hydrogen-bond acceptors (Lipinski definition) is 6. The molecule has 2 rings (SSSR count). The molecular formula is C19H18ClNO6. The van der Waals surface area contributed by atoms with Crippen LogP contribution in [0.1, 0.15) is 27.6 Å². The van der Waals surface area contributed by atoms with Crippen LogP contribution in [0, 0.1) is 0 Å². The molecule has 0 saturated heterocycles. The van der Waals surface area contributed by atoms with Crippen molar-refractivity contribution in [1.29, 1.82) is 0 Å². The monoisotopic (exact) mass is 391 g/mol. The first-order chi connectivity index (χ1) is 12.9. The maximum absolute atomic E-state index is 12.6. The summed E-state index contributed by atoms with van der Waals surface area (Å²) in [5.41, 5.74) is 0.445. The van der Waals surface area contributed by atoms with Crippen LogP contribution >= 0.6 is 11.6 Å². The molecule has 0 fully saturated rings. The number of nitrogens with one attached hydrogen (secondary N) is 1. The van der Waals surface area contributed by atoms with E-state index in [-0.39, 0.29) is 22.6 Å². The number of carbonyl (C=O) groups excluding carboxylic acids is 3. The van der Waals surface area contributed by atoms with E-state index < -0.39 is 18.0 Å². The van der Waals surface area contributed by atoms with E-state index in [0.29, 0.717) is 17.0 Å². The van der Waals surface area contributed by atoms with Crippen LogP contribution in [0.3, 0.4) is 0 Å². The van der Waals surface area contributed by atoms with Crippen LogP contribution in [0.5, 0.6) is 11.5 Å². The first kappa shape index (κ1) is 20.3. The highest BCUT2D eigenvalue weighted by atomic mass is 35.5. The lowest BCUT2D eigenvalue weighted by Crippen LogP contribution is -2.30. The molecule has 0 unspecified atom stereocenters. The van der Waals surface area contributed by atoms with Gasteiger partial charge in [-0.15, -0.1) is 0 Å². The van der Waals surface area contributed by atoms with Crippen LogP contribution in [0.2, 0.25) is 5.02 Å². The predicted molar refractivity (Wildman–Crippen MR) is 99.9 cm³/mol. The molecule has 0 aliphatic heterocycles. The van der Waals surface area contributed by atoms with Crippen LogP contribution in [0.25, 0.3) is 0 Å². The van der Waals surface area contributed by atoms with Crippen molar-refractivity contribution in [3.05, 3.63) is 52.5 Å². The largest absolute Gasteiger partial charge is 0.493 e. The van der Waals surface area contributed by atoms with Crippen molar-refractivity contribution in [2.45, 2.75) is 13.0 Å². The van der Waals surface area contributed by atoms with E-state index in [2.05, 4.69) is 5.32 Å². The minimum atomic E-state index is -1.12. The number of hydrogen-bond donors (Lipinski definition) is 1. The molecule has 2 aromatic carbocycles. The van der Waals surface area contributed by atoms with Crippen LogP contribution in [-0.4, -0.2) is 38.5 Å². The molecule has 0 aromatic heterocycles. The van der Waals surface area contributed by atoms with Crippen LogP contribution in [0.4, 0.5) is 5.69 Å². The molecular weight excluding hydrogens is 374 g/mol. The maximum Gasteiger partial charge on any atom is 0.343 e. The zero-order valence-corrected chi connectivity index (χ0v) is 15.7. The number of amides is 1. The van der Waals surface area contributed by atoms with Crippen LogP contribution in [0.15, 0.2) is 36.4 Å². The fraction of sp³-hybridized carbons (Fsp3) is 0.211. The van der Waals surface area contributed by atoms with Crippen molar-refractivity contribution < 1.29 is 28.6 Å². The minimum Gasteiger partial charge on any atom is -0.493 e. The van der Waals surface area contributed by atoms with Gasteiger partial charge in [-0.1, -0.05) is 11.6 Å². The lowest BCUT2D eigenvalue weighted by molar-refractivity contribution is -0.123. The molecule has 2 aromatic rings. The second-order valence-corrected chi connectivity index (χ2v) is 5.86. The van der Waals surface area contributed by atoms with Gasteiger partial charge in [0.15, 0.2) is 23.9 Å². The fourth-order valence-electron chi connectivity index (χ4n) is 2.30. The average Bonchev–Trinajstić information content (AvgIpc) is 2.68. The Morgan fingerprint density at radius 1 is 1.07 bits per heavy atom. The standard InChI is InChI=1S/C19H18ClNO6/c1-11(18(23)21-14-7-5-13(20)6-8-14)27-19(24)16-12(10-22)4-9-15(25-2)17(16)26-3/h4-11H,1-3H3,(H,21,23)/t11-/m0/s1. The Hall–Kier alpha value is -3.06. The van der Waals surface area contributed by atoms with E-state index in [1.807, 2.05) is 0 Å². The first-order valence-corrected chi connectivity index (χ1v) is 8.26. The second kappa shape index (κ2) is 9.05. The molecule has 0 aliphatic carbocycles. The summed E-state index contributed by atoms with van der Waals surface area (Å²) in [6, 6.07) is 9.37. The van der Waals surface area contributed by atoms with Crippen molar-refractivity contribution in [3.8, 4) is 11.5 Å². The molecule has 27 heavy (non-hydrogen) atoms. The van der Waals surface area contributed by atoms with Gasteiger partial charge in [-0.2, -0.15) is 0 Å². The summed E-state index contributed by atoms with van der Waals surface area (Å²) >= 11 is 5.80. The highest BCUT2D eigenvalue weighted by Gasteiger charge is 2.26. The Bertz CT molecular complexity index is 850. The van der Waals surface area contributed by atoms with Gasteiger partial charge in [0.2, 0.25) is 0 Å². The van der Waals surface area contributed by atoms with Gasteiger partial charge >= 0.3 is 5.97 Å². The molecule has 0 spiro atoms. The summed E-state index contributed by atoms with van der Waals surface area (Å²) in [6.07, 6.45) is -0.625. The van der Waals surface area contributed by atoms with E-state index in [1.165, 1.54) is 33.3 Å². The lowest BCUT2D eigenvalue weighted by Gasteiger charge is -2.17. The van der Waals surface area contributed by atoms with Crippen molar-refractivity contribution >= 4 is 35.5 Å². The van der Waals surface area contributed by atoms with Crippen molar-refractivity contribution in [2.75, 3.05) is 19.5 Å². The molecule has 1 N–H and O–H groups in total. The van der Waals surface area contributed by atoms with Crippen LogP contribution in [-0.2, 0) is 9.53 Å². The number of carbonyl (C=O) groups is 3. The Morgan fingerprint density at radius 2 is 1.74 bits per heavy atom. The smallest absolute Gasteiger partial charge is 0.343 e. The normalized spacial score (nSPS) is 11.3. The number of benzene rings is 2. The molecule has 7 nitrogen and oxygen atoms in total. The van der Waals surface area contributed by atoms with Gasteiger partial charge in [0.25, 0.3) is 5.91 Å². The predicted octanol–water partition coefficient (Wildman–Crippen LogP) is 3.35. The summed E-state index contributed by atoms with van der Waals surface area (Å²) in [6.45, 7) is 1.41. The number of aldehydes is 1. The third-order valence-corrected chi connectivity index (χ3v) is 3.93. The minimum absolute atomic E-state index is 0.0532. The number of esters is 1. The second-order valence-electron chi connectivity index (χ2n) is 5.43. The number of anilines is 1. The lowest BCUT2D eigenvalue weighted by atomic mass is 10.1. The summed E-state index contributed by atoms with van der Waals surface area (Å²) in [5, 5.41) is 3.13. The SMILES string of the molecule is COc1ccc(C=O)c(C(=O)O[C@@H](C)C(=O)Nc2ccc(Cl)cc2)c1OC. The molecule has 0 radical (unpaired) electrons. The molecule has 0 heterocycles. The van der Waals surface area contributed by atoms with Crippen LogP contribution < -0.4 is 14.8 Å². The van der Waals surface area contributed by atoms with Crippen molar-refractivity contribution in [2.24, 2.45) is 0 Å². The van der Waals surface area contributed by atoms with E-state index in [0.717, 1.165) is 0 Å². The Morgan fingerprint density at radius 3 is 2.30 bits per heavy atom. The molecule has 0 aliphatic rings. The summed E-state index contributed by atoms with van der Waals surface area (Å²) in [7, 11) is 2.73. The maximum atomic E-state index is 12.6. The summed E-state index contributed by atoms with van der Waals surface area (Å²) in [5.74, 6) is -1.11. The summed E-state index contributed by atoms with van der Waals surface area (Å²) in [4.78, 5) is 36.1. The molecule has 8 heteroatoms. The highest BCUT2D eigenvalue weighted by Crippen LogP contribution is 2.33. The van der Waals surface area contributed by atoms with Crippen molar-refractivity contribution in [1.82, 2.24) is 0 Å². The first-order valence-electron chi connectivity index (χ1n) is 7.88. The third-order valence-electron chi connectivity index (χ3n) is 3.67. The zero-order chi connectivity index (χ0) is 20.0. The topological polar surface area (TPSA) is 90.9 Å². The van der Waals surface area contributed by atoms with E-state index in [1.54, 1.807) is 24.3 Å². The number of ether oxygens (including phenoxy) is 3. The number of rotatable bonds is 7. The quantitative estimate of drug-likeness (QED) is 0.575.